The minimum absolute atomic E-state index is 0.0223. The Morgan fingerprint density at radius 1 is 1.21 bits per heavy atom. The number of hydrogen-bond acceptors (Lipinski definition) is 6. The van der Waals surface area contributed by atoms with Gasteiger partial charge in [-0.1, -0.05) is 5.16 Å². The van der Waals surface area contributed by atoms with Gasteiger partial charge in [-0.2, -0.15) is 4.98 Å². The number of likely N-dealkylation sites (tertiary alicyclic amines) is 1. The van der Waals surface area contributed by atoms with Crippen LogP contribution >= 0.6 is 0 Å². The first-order valence-electron chi connectivity index (χ1n) is 9.82. The predicted molar refractivity (Wildman–Crippen MR) is 102 cm³/mol. The van der Waals surface area contributed by atoms with Crippen LogP contribution in [0.2, 0.25) is 0 Å². The maximum atomic E-state index is 11.9. The Labute approximate surface area is 164 Å². The quantitative estimate of drug-likeness (QED) is 0.850. The molecular weight excluding hydrogens is 360 g/mol. The minimum Gasteiger partial charge on any atom is -0.487 e. The van der Waals surface area contributed by atoms with E-state index in [0.29, 0.717) is 24.8 Å². The van der Waals surface area contributed by atoms with Crippen LogP contribution in [0, 0.1) is 0 Å². The number of rotatable bonds is 5. The lowest BCUT2D eigenvalue weighted by Crippen LogP contribution is -2.59. The van der Waals surface area contributed by atoms with Crippen LogP contribution in [0.25, 0.3) is 11.4 Å². The van der Waals surface area contributed by atoms with Crippen LogP contribution in [0.1, 0.15) is 38.5 Å². The van der Waals surface area contributed by atoms with Gasteiger partial charge in [-0.05, 0) is 51.0 Å². The molecule has 0 spiro atoms. The van der Waals surface area contributed by atoms with Crippen molar-refractivity contribution in [3.63, 3.8) is 0 Å². The van der Waals surface area contributed by atoms with Gasteiger partial charge in [-0.25, -0.2) is 4.79 Å². The fourth-order valence-electron chi connectivity index (χ4n) is 3.35. The number of amides is 2. The molecule has 1 aromatic carbocycles. The summed E-state index contributed by atoms with van der Waals surface area (Å²) in [5, 5.41) is 7.00. The van der Waals surface area contributed by atoms with Gasteiger partial charge >= 0.3 is 6.03 Å². The van der Waals surface area contributed by atoms with E-state index in [2.05, 4.69) is 15.5 Å². The summed E-state index contributed by atoms with van der Waals surface area (Å²) in [6.07, 6.45) is 1.86. The predicted octanol–water partition coefficient (Wildman–Crippen LogP) is 2.81. The monoisotopic (exact) mass is 386 g/mol. The number of nitrogens with one attached hydrogen (secondary N) is 1. The third-order valence-corrected chi connectivity index (χ3v) is 4.97. The maximum Gasteiger partial charge on any atom is 0.317 e. The summed E-state index contributed by atoms with van der Waals surface area (Å²) in [5.74, 6) is 2.33. The Bertz CT molecular complexity index is 793. The molecule has 4 rings (SSSR count). The highest BCUT2D eigenvalue weighted by molar-refractivity contribution is 5.75. The SMILES string of the molecule is CC(C)NC(=O)N1CC(Oc2ccc(-c3noc(C4CCOCC4)n3)cc2)C1. The van der Waals surface area contributed by atoms with Crippen LogP contribution in [0.15, 0.2) is 28.8 Å². The number of carbonyl (C=O) groups excluding carboxylic acids is 1. The van der Waals surface area contributed by atoms with Crippen LogP contribution in [0.3, 0.4) is 0 Å². The van der Waals surface area contributed by atoms with E-state index in [1.165, 1.54) is 0 Å². The molecule has 0 saturated carbocycles. The van der Waals surface area contributed by atoms with Crippen LogP contribution in [-0.2, 0) is 4.74 Å². The highest BCUT2D eigenvalue weighted by Crippen LogP contribution is 2.28. The summed E-state index contributed by atoms with van der Waals surface area (Å²) in [4.78, 5) is 18.2. The molecule has 1 aromatic heterocycles. The van der Waals surface area contributed by atoms with Gasteiger partial charge in [0.2, 0.25) is 11.7 Å². The summed E-state index contributed by atoms with van der Waals surface area (Å²) in [7, 11) is 0. The zero-order valence-corrected chi connectivity index (χ0v) is 16.3. The Morgan fingerprint density at radius 3 is 2.61 bits per heavy atom. The number of urea groups is 1. The highest BCUT2D eigenvalue weighted by atomic mass is 16.5. The standard InChI is InChI=1S/C20H26N4O4/c1-13(2)21-20(25)24-11-17(12-24)27-16-5-3-14(4-6-16)18-22-19(28-23-18)15-7-9-26-10-8-15/h3-6,13,15,17H,7-12H2,1-2H3,(H,21,25). The molecule has 0 atom stereocenters. The molecule has 2 aliphatic heterocycles. The molecule has 1 N–H and O–H groups in total. The molecule has 0 aliphatic carbocycles. The summed E-state index contributed by atoms with van der Waals surface area (Å²) in [6, 6.07) is 7.75. The van der Waals surface area contributed by atoms with Crippen molar-refractivity contribution >= 4 is 6.03 Å². The Hall–Kier alpha value is -2.61. The molecule has 2 saturated heterocycles. The number of carbonyl (C=O) groups is 1. The van der Waals surface area contributed by atoms with Gasteiger partial charge < -0.3 is 24.2 Å². The third kappa shape index (κ3) is 4.27. The van der Waals surface area contributed by atoms with Gasteiger partial charge in [0.25, 0.3) is 0 Å². The van der Waals surface area contributed by atoms with Crippen LogP contribution < -0.4 is 10.1 Å². The van der Waals surface area contributed by atoms with Crippen molar-refractivity contribution in [1.29, 1.82) is 0 Å². The van der Waals surface area contributed by atoms with Crippen LogP contribution in [0.4, 0.5) is 4.79 Å². The first-order chi connectivity index (χ1) is 13.6. The third-order valence-electron chi connectivity index (χ3n) is 4.97. The van der Waals surface area contributed by atoms with Gasteiger partial charge in [0, 0.05) is 30.7 Å². The van der Waals surface area contributed by atoms with Crippen molar-refractivity contribution in [3.05, 3.63) is 30.2 Å². The van der Waals surface area contributed by atoms with Crippen LogP contribution in [-0.4, -0.2) is 59.5 Å². The van der Waals surface area contributed by atoms with E-state index < -0.39 is 0 Å². The maximum absolute atomic E-state index is 11.9. The Kier molecular flexibility index (Phi) is 5.47. The smallest absolute Gasteiger partial charge is 0.317 e. The highest BCUT2D eigenvalue weighted by Gasteiger charge is 2.32. The fraction of sp³-hybridized carbons (Fsp3) is 0.550. The Morgan fingerprint density at radius 2 is 1.93 bits per heavy atom. The van der Waals surface area contributed by atoms with Crippen molar-refractivity contribution in [2.24, 2.45) is 0 Å². The van der Waals surface area contributed by atoms with E-state index in [0.717, 1.165) is 37.4 Å². The summed E-state index contributed by atoms with van der Waals surface area (Å²) >= 11 is 0. The molecule has 0 bridgehead atoms. The van der Waals surface area contributed by atoms with E-state index in [9.17, 15) is 4.79 Å². The minimum atomic E-state index is -0.0392. The lowest BCUT2D eigenvalue weighted by Gasteiger charge is -2.39. The van der Waals surface area contributed by atoms with Crippen molar-refractivity contribution in [1.82, 2.24) is 20.4 Å². The van der Waals surface area contributed by atoms with Gasteiger partial charge in [-0.3, -0.25) is 0 Å². The summed E-state index contributed by atoms with van der Waals surface area (Å²) < 4.78 is 16.8. The molecular formula is C20H26N4O4. The van der Waals surface area contributed by atoms with E-state index in [1.54, 1.807) is 4.90 Å². The summed E-state index contributed by atoms with van der Waals surface area (Å²) in [6.45, 7) is 6.57. The van der Waals surface area contributed by atoms with Crippen molar-refractivity contribution in [2.45, 2.75) is 44.8 Å². The lowest BCUT2D eigenvalue weighted by atomic mass is 10.0. The number of benzene rings is 1. The molecule has 0 unspecified atom stereocenters. The van der Waals surface area contributed by atoms with Gasteiger partial charge in [0.05, 0.1) is 13.1 Å². The second kappa shape index (κ2) is 8.18. The van der Waals surface area contributed by atoms with E-state index in [4.69, 9.17) is 14.0 Å². The Balaban J connectivity index is 1.30. The average molecular weight is 386 g/mol. The molecule has 3 heterocycles. The average Bonchev–Trinajstić information content (AvgIpc) is 3.15. The van der Waals surface area contributed by atoms with E-state index in [-0.39, 0.29) is 24.1 Å². The van der Waals surface area contributed by atoms with Gasteiger partial charge in [0.1, 0.15) is 11.9 Å². The molecule has 2 aliphatic rings. The molecule has 150 valence electrons. The fourth-order valence-corrected chi connectivity index (χ4v) is 3.35. The zero-order chi connectivity index (χ0) is 19.5. The topological polar surface area (TPSA) is 89.7 Å². The van der Waals surface area contributed by atoms with Gasteiger partial charge in [0.15, 0.2) is 0 Å². The van der Waals surface area contributed by atoms with Crippen molar-refractivity contribution in [3.8, 4) is 17.1 Å². The molecule has 2 aromatic rings. The molecule has 8 heteroatoms. The van der Waals surface area contributed by atoms with Crippen LogP contribution in [0.5, 0.6) is 5.75 Å². The first-order valence-corrected chi connectivity index (χ1v) is 9.82. The van der Waals surface area contributed by atoms with Gasteiger partial charge in [-0.15, -0.1) is 0 Å². The molecule has 2 amide bonds. The second-order valence-electron chi connectivity index (χ2n) is 7.62. The number of aromatic nitrogens is 2. The number of hydrogen-bond donors (Lipinski definition) is 1. The first kappa shape index (κ1) is 18.7. The van der Waals surface area contributed by atoms with E-state index >= 15 is 0 Å². The number of nitrogens with zero attached hydrogens (tertiary/aromatic N) is 3. The van der Waals surface area contributed by atoms with Crippen molar-refractivity contribution in [2.75, 3.05) is 26.3 Å². The molecule has 0 radical (unpaired) electrons. The van der Waals surface area contributed by atoms with E-state index in [1.807, 2.05) is 38.1 Å². The molecule has 28 heavy (non-hydrogen) atoms. The largest absolute Gasteiger partial charge is 0.487 e. The molecule has 8 nitrogen and oxygen atoms in total. The normalized spacial score (nSPS) is 18.2. The summed E-state index contributed by atoms with van der Waals surface area (Å²) in [5.41, 5.74) is 0.890. The second-order valence-corrected chi connectivity index (χ2v) is 7.62. The molecule has 2 fully saturated rings. The van der Waals surface area contributed by atoms with Crippen molar-refractivity contribution < 1.29 is 18.8 Å². The lowest BCUT2D eigenvalue weighted by molar-refractivity contribution is 0.0438. The zero-order valence-electron chi connectivity index (χ0n) is 16.3. The number of ether oxygens (including phenoxy) is 2.